The smallest absolute Gasteiger partial charge is 0.257 e. The number of nitrogens with one attached hydrogen (secondary N) is 1. The number of oxazole rings is 1. The Morgan fingerprint density at radius 3 is 3.00 bits per heavy atom. The monoisotopic (exact) mass is 264 g/mol. The maximum atomic E-state index is 13.2. The molecule has 1 heterocycles. The molecule has 0 aliphatic carbocycles. The molecule has 0 unspecified atom stereocenters. The molecular formula is C13H13FN2O3. The van der Waals surface area contributed by atoms with Crippen molar-refractivity contribution in [2.75, 3.05) is 13.2 Å². The number of halogens is 1. The third-order valence-electron chi connectivity index (χ3n) is 2.38. The van der Waals surface area contributed by atoms with Gasteiger partial charge in [0.2, 0.25) is 0 Å². The van der Waals surface area contributed by atoms with Gasteiger partial charge in [0.25, 0.3) is 5.91 Å². The van der Waals surface area contributed by atoms with Crippen LogP contribution in [0.1, 0.15) is 5.69 Å². The van der Waals surface area contributed by atoms with Crippen molar-refractivity contribution in [2.45, 2.75) is 6.42 Å². The Morgan fingerprint density at radius 1 is 1.42 bits per heavy atom. The number of ether oxygens (including phenoxy) is 1. The van der Waals surface area contributed by atoms with Crippen molar-refractivity contribution in [3.05, 3.63) is 48.4 Å². The molecule has 5 nitrogen and oxygen atoms in total. The van der Waals surface area contributed by atoms with Gasteiger partial charge in [-0.2, -0.15) is 0 Å². The van der Waals surface area contributed by atoms with Gasteiger partial charge in [0, 0.05) is 13.0 Å². The Hall–Kier alpha value is -2.37. The predicted molar refractivity (Wildman–Crippen MR) is 65.1 cm³/mol. The lowest BCUT2D eigenvalue weighted by Crippen LogP contribution is -2.30. The van der Waals surface area contributed by atoms with E-state index in [-0.39, 0.29) is 18.3 Å². The van der Waals surface area contributed by atoms with Crippen molar-refractivity contribution in [1.82, 2.24) is 10.3 Å². The van der Waals surface area contributed by atoms with Crippen LogP contribution in [-0.4, -0.2) is 24.0 Å². The van der Waals surface area contributed by atoms with Crippen LogP contribution in [0.3, 0.4) is 0 Å². The van der Waals surface area contributed by atoms with E-state index in [9.17, 15) is 9.18 Å². The fourth-order valence-electron chi connectivity index (χ4n) is 1.45. The molecular weight excluding hydrogens is 251 g/mol. The minimum absolute atomic E-state index is 0.0640. The lowest BCUT2D eigenvalue weighted by molar-refractivity contribution is -0.123. The van der Waals surface area contributed by atoms with Crippen molar-refractivity contribution >= 4 is 5.91 Å². The van der Waals surface area contributed by atoms with E-state index in [0.717, 1.165) is 5.69 Å². The summed E-state index contributed by atoms with van der Waals surface area (Å²) in [5.74, 6) is -0.737. The molecule has 0 atom stereocenters. The Morgan fingerprint density at radius 2 is 2.26 bits per heavy atom. The summed E-state index contributed by atoms with van der Waals surface area (Å²) in [6.07, 6.45) is 3.42. The molecule has 1 N–H and O–H groups in total. The first-order valence-electron chi connectivity index (χ1n) is 5.77. The van der Waals surface area contributed by atoms with Gasteiger partial charge in [0.05, 0.1) is 5.69 Å². The molecule has 1 aromatic carbocycles. The van der Waals surface area contributed by atoms with Crippen LogP contribution in [0, 0.1) is 5.82 Å². The van der Waals surface area contributed by atoms with E-state index in [1.165, 1.54) is 24.8 Å². The predicted octanol–water partition coefficient (Wildman–Crippen LogP) is 1.55. The summed E-state index contributed by atoms with van der Waals surface area (Å²) in [6, 6.07) is 5.94. The van der Waals surface area contributed by atoms with E-state index in [4.69, 9.17) is 9.15 Å². The second-order valence-corrected chi connectivity index (χ2v) is 3.80. The molecule has 0 aliphatic rings. The first-order chi connectivity index (χ1) is 9.25. The highest BCUT2D eigenvalue weighted by Crippen LogP contribution is 2.14. The van der Waals surface area contributed by atoms with E-state index < -0.39 is 5.82 Å². The first-order valence-corrected chi connectivity index (χ1v) is 5.77. The van der Waals surface area contributed by atoms with Crippen LogP contribution in [0.5, 0.6) is 5.75 Å². The highest BCUT2D eigenvalue weighted by molar-refractivity contribution is 5.77. The van der Waals surface area contributed by atoms with E-state index in [0.29, 0.717) is 13.0 Å². The lowest BCUT2D eigenvalue weighted by atomic mass is 10.3. The van der Waals surface area contributed by atoms with Crippen LogP contribution in [0.4, 0.5) is 4.39 Å². The maximum absolute atomic E-state index is 13.2. The summed E-state index contributed by atoms with van der Waals surface area (Å²) in [5.41, 5.74) is 0.760. The van der Waals surface area contributed by atoms with Crippen molar-refractivity contribution in [3.63, 3.8) is 0 Å². The van der Waals surface area contributed by atoms with Gasteiger partial charge in [-0.25, -0.2) is 9.37 Å². The summed E-state index contributed by atoms with van der Waals surface area (Å²) in [6.45, 7) is 0.200. The van der Waals surface area contributed by atoms with Crippen LogP contribution in [0.2, 0.25) is 0 Å². The van der Waals surface area contributed by atoms with Gasteiger partial charge in [0.15, 0.2) is 24.6 Å². The van der Waals surface area contributed by atoms with Gasteiger partial charge in [-0.3, -0.25) is 4.79 Å². The molecule has 1 aromatic heterocycles. The zero-order valence-corrected chi connectivity index (χ0v) is 10.1. The number of nitrogens with zero attached hydrogens (tertiary/aromatic N) is 1. The summed E-state index contributed by atoms with van der Waals surface area (Å²) >= 11 is 0. The minimum Gasteiger partial charge on any atom is -0.481 e. The highest BCUT2D eigenvalue weighted by Gasteiger charge is 2.06. The number of amides is 1. The maximum Gasteiger partial charge on any atom is 0.257 e. The van der Waals surface area contributed by atoms with Crippen LogP contribution in [-0.2, 0) is 11.2 Å². The molecule has 0 bridgehead atoms. The van der Waals surface area contributed by atoms with Crippen LogP contribution in [0.25, 0.3) is 0 Å². The standard InChI is InChI=1S/C13H13FN2O3/c14-11-3-1-2-4-12(11)19-8-13(17)15-6-5-10-7-18-9-16-10/h1-4,7,9H,5-6,8H2,(H,15,17). The number of benzene rings is 1. The molecule has 2 aromatic rings. The minimum atomic E-state index is -0.488. The molecule has 0 aliphatic heterocycles. The van der Waals surface area contributed by atoms with Crippen LogP contribution < -0.4 is 10.1 Å². The molecule has 2 rings (SSSR count). The fourth-order valence-corrected chi connectivity index (χ4v) is 1.45. The summed E-state index contributed by atoms with van der Waals surface area (Å²) < 4.78 is 23.1. The Balaban J connectivity index is 1.69. The lowest BCUT2D eigenvalue weighted by Gasteiger charge is -2.07. The summed E-state index contributed by atoms with van der Waals surface area (Å²) in [4.78, 5) is 15.4. The molecule has 6 heteroatoms. The molecule has 0 fully saturated rings. The van der Waals surface area contributed by atoms with Crippen molar-refractivity contribution < 1.29 is 18.3 Å². The normalized spacial score (nSPS) is 10.2. The first kappa shape index (κ1) is 13.1. The van der Waals surface area contributed by atoms with Crippen molar-refractivity contribution in [1.29, 1.82) is 0 Å². The number of aromatic nitrogens is 1. The van der Waals surface area contributed by atoms with Crippen LogP contribution in [0.15, 0.2) is 41.3 Å². The average Bonchev–Trinajstić information content (AvgIpc) is 2.91. The van der Waals surface area contributed by atoms with Gasteiger partial charge in [0.1, 0.15) is 6.26 Å². The Kier molecular flexibility index (Phi) is 4.49. The number of carbonyl (C=O) groups excluding carboxylic acids is 1. The van der Waals surface area contributed by atoms with Gasteiger partial charge < -0.3 is 14.5 Å². The van der Waals surface area contributed by atoms with E-state index in [2.05, 4.69) is 10.3 Å². The third kappa shape index (κ3) is 4.09. The molecule has 1 amide bonds. The fraction of sp³-hybridized carbons (Fsp3) is 0.231. The summed E-state index contributed by atoms with van der Waals surface area (Å²) in [5, 5.41) is 2.64. The van der Waals surface area contributed by atoms with Gasteiger partial charge in [-0.05, 0) is 12.1 Å². The third-order valence-corrected chi connectivity index (χ3v) is 2.38. The molecule has 0 spiro atoms. The van der Waals surface area contributed by atoms with Gasteiger partial charge in [-0.1, -0.05) is 12.1 Å². The van der Waals surface area contributed by atoms with E-state index in [1.807, 2.05) is 0 Å². The Labute approximate surface area is 109 Å². The van der Waals surface area contributed by atoms with Crippen LogP contribution >= 0.6 is 0 Å². The SMILES string of the molecule is O=C(COc1ccccc1F)NCCc1cocn1. The van der Waals surface area contributed by atoms with Gasteiger partial charge in [-0.15, -0.1) is 0 Å². The topological polar surface area (TPSA) is 64.4 Å². The highest BCUT2D eigenvalue weighted by atomic mass is 19.1. The van der Waals surface area contributed by atoms with Crippen molar-refractivity contribution in [2.24, 2.45) is 0 Å². The molecule has 19 heavy (non-hydrogen) atoms. The summed E-state index contributed by atoms with van der Waals surface area (Å²) in [7, 11) is 0. The van der Waals surface area contributed by atoms with Crippen molar-refractivity contribution in [3.8, 4) is 5.75 Å². The molecule has 0 saturated carbocycles. The molecule has 0 saturated heterocycles. The second-order valence-electron chi connectivity index (χ2n) is 3.80. The number of rotatable bonds is 6. The second kappa shape index (κ2) is 6.53. The molecule has 0 radical (unpaired) electrons. The molecule has 100 valence electrons. The quantitative estimate of drug-likeness (QED) is 0.859. The number of hydrogen-bond acceptors (Lipinski definition) is 4. The number of hydrogen-bond donors (Lipinski definition) is 1. The zero-order chi connectivity index (χ0) is 13.5. The van der Waals surface area contributed by atoms with E-state index >= 15 is 0 Å². The number of para-hydroxylation sites is 1. The largest absolute Gasteiger partial charge is 0.481 e. The Bertz CT molecular complexity index is 528. The average molecular weight is 264 g/mol. The van der Waals surface area contributed by atoms with E-state index in [1.54, 1.807) is 12.1 Å². The van der Waals surface area contributed by atoms with Gasteiger partial charge >= 0.3 is 0 Å². The zero-order valence-electron chi connectivity index (χ0n) is 10.1. The number of carbonyl (C=O) groups is 1.